The minimum absolute atomic E-state index is 0.143. The van der Waals surface area contributed by atoms with Crippen molar-refractivity contribution in [1.29, 1.82) is 5.26 Å². The van der Waals surface area contributed by atoms with Gasteiger partial charge in [-0.25, -0.2) is 4.79 Å². The van der Waals surface area contributed by atoms with E-state index < -0.39 is 25.9 Å². The number of nitrogens with zero attached hydrogens (tertiary/aromatic N) is 1. The predicted molar refractivity (Wildman–Crippen MR) is 115 cm³/mol. The molecule has 1 amide bonds. The Morgan fingerprint density at radius 3 is 1.93 bits per heavy atom. The molecule has 2 aromatic rings. The van der Waals surface area contributed by atoms with Crippen molar-refractivity contribution in [3.05, 3.63) is 60.7 Å². The van der Waals surface area contributed by atoms with Crippen molar-refractivity contribution >= 4 is 24.8 Å². The zero-order valence-corrected chi connectivity index (χ0v) is 18.2. The molecule has 1 aliphatic rings. The maximum Gasteiger partial charge on any atom is 0.404 e. The van der Waals surface area contributed by atoms with E-state index in [9.17, 15) is 10.1 Å². The molecule has 0 aliphatic heterocycles. The van der Waals surface area contributed by atoms with Gasteiger partial charge in [-0.3, -0.25) is 0 Å². The molecule has 152 valence electrons. The van der Waals surface area contributed by atoms with Gasteiger partial charge in [0.1, 0.15) is 6.10 Å². The molecule has 0 bridgehead atoms. The van der Waals surface area contributed by atoms with Crippen LogP contribution in [-0.2, 0) is 9.16 Å². The average Bonchev–Trinajstić information content (AvgIpc) is 3.49. The Labute approximate surface area is 173 Å². The fraction of sp³-hybridized carbons (Fsp3) is 0.391. The largest absolute Gasteiger partial charge is 0.442 e. The lowest BCUT2D eigenvalue weighted by Crippen LogP contribution is -2.67. The van der Waals surface area contributed by atoms with Crippen LogP contribution in [0.4, 0.5) is 4.79 Å². The van der Waals surface area contributed by atoms with Gasteiger partial charge in [0, 0.05) is 0 Å². The Kier molecular flexibility index (Phi) is 5.83. The Morgan fingerprint density at radius 2 is 1.59 bits per heavy atom. The monoisotopic (exact) mass is 408 g/mol. The van der Waals surface area contributed by atoms with E-state index in [4.69, 9.17) is 14.9 Å². The Bertz CT molecular complexity index is 844. The molecule has 0 radical (unpaired) electrons. The van der Waals surface area contributed by atoms with Crippen LogP contribution in [0.1, 0.15) is 33.6 Å². The maximum absolute atomic E-state index is 11.5. The Balaban J connectivity index is 2.06. The summed E-state index contributed by atoms with van der Waals surface area (Å²) < 4.78 is 12.2. The van der Waals surface area contributed by atoms with E-state index in [-0.39, 0.29) is 11.6 Å². The van der Waals surface area contributed by atoms with Gasteiger partial charge in [0.05, 0.1) is 18.1 Å². The molecule has 29 heavy (non-hydrogen) atoms. The molecule has 0 aromatic heterocycles. The highest BCUT2D eigenvalue weighted by Crippen LogP contribution is 2.50. The molecule has 1 fully saturated rings. The van der Waals surface area contributed by atoms with E-state index in [1.165, 1.54) is 0 Å². The normalized spacial score (nSPS) is 16.5. The summed E-state index contributed by atoms with van der Waals surface area (Å²) in [5.74, 6) is 0. The minimum Gasteiger partial charge on any atom is -0.442 e. The molecule has 0 saturated heterocycles. The molecule has 2 aromatic carbocycles. The molecule has 0 heterocycles. The van der Waals surface area contributed by atoms with Crippen molar-refractivity contribution in [2.75, 3.05) is 6.61 Å². The number of rotatable bonds is 7. The quantitative estimate of drug-likeness (QED) is 0.712. The van der Waals surface area contributed by atoms with Crippen LogP contribution in [0.5, 0.6) is 0 Å². The van der Waals surface area contributed by atoms with Crippen LogP contribution in [0.15, 0.2) is 60.7 Å². The smallest absolute Gasteiger partial charge is 0.404 e. The van der Waals surface area contributed by atoms with E-state index in [1.54, 1.807) is 0 Å². The summed E-state index contributed by atoms with van der Waals surface area (Å²) >= 11 is 0. The number of ether oxygens (including phenoxy) is 1. The van der Waals surface area contributed by atoms with Crippen molar-refractivity contribution in [3.63, 3.8) is 0 Å². The highest BCUT2D eigenvalue weighted by Gasteiger charge is 2.55. The number of benzene rings is 2. The summed E-state index contributed by atoms with van der Waals surface area (Å²) in [5, 5.41) is 11.7. The van der Waals surface area contributed by atoms with Crippen molar-refractivity contribution in [2.45, 2.75) is 44.8 Å². The lowest BCUT2D eigenvalue weighted by Gasteiger charge is -2.43. The van der Waals surface area contributed by atoms with Gasteiger partial charge in [-0.2, -0.15) is 5.26 Å². The highest BCUT2D eigenvalue weighted by atomic mass is 28.4. The fourth-order valence-electron chi connectivity index (χ4n) is 4.05. The Morgan fingerprint density at radius 1 is 1.10 bits per heavy atom. The molecule has 0 spiro atoms. The van der Waals surface area contributed by atoms with E-state index in [0.29, 0.717) is 12.8 Å². The standard InChI is InChI=1S/C23H28N2O3Si/c1-22(2,3)29(18-10-6-4-7-11-18,19-12-8-5-9-13-19)27-16-20(28-21(25)26)23(17-24)14-15-23/h4-13,20H,14-16H2,1-3H3,(H2,25,26)/t20-/m0/s1. The first kappa shape index (κ1) is 21.1. The number of primary amides is 1. The topological polar surface area (TPSA) is 85.3 Å². The van der Waals surface area contributed by atoms with Gasteiger partial charge in [-0.1, -0.05) is 81.4 Å². The summed E-state index contributed by atoms with van der Waals surface area (Å²) in [6.07, 6.45) is -0.175. The first-order valence-electron chi connectivity index (χ1n) is 9.87. The van der Waals surface area contributed by atoms with Gasteiger partial charge in [0.2, 0.25) is 0 Å². The summed E-state index contributed by atoms with van der Waals surface area (Å²) in [6, 6.07) is 22.8. The van der Waals surface area contributed by atoms with E-state index >= 15 is 0 Å². The summed E-state index contributed by atoms with van der Waals surface area (Å²) in [4.78, 5) is 11.5. The Hall–Kier alpha value is -2.62. The first-order chi connectivity index (χ1) is 13.7. The van der Waals surface area contributed by atoms with Crippen LogP contribution < -0.4 is 16.1 Å². The number of nitrogens with two attached hydrogens (primary N) is 1. The zero-order chi connectivity index (χ0) is 21.1. The molecule has 6 heteroatoms. The van der Waals surface area contributed by atoms with Gasteiger partial charge in [0.15, 0.2) is 0 Å². The molecule has 5 nitrogen and oxygen atoms in total. The molecule has 0 unspecified atom stereocenters. The molecule has 2 N–H and O–H groups in total. The molecule has 1 saturated carbocycles. The van der Waals surface area contributed by atoms with E-state index in [0.717, 1.165) is 10.4 Å². The second kappa shape index (κ2) is 8.01. The lowest BCUT2D eigenvalue weighted by atomic mass is 10.0. The zero-order valence-electron chi connectivity index (χ0n) is 17.2. The minimum atomic E-state index is -2.77. The predicted octanol–water partition coefficient (Wildman–Crippen LogP) is 3.33. The third-order valence-electron chi connectivity index (χ3n) is 5.75. The fourth-order valence-corrected chi connectivity index (χ4v) is 8.61. The van der Waals surface area contributed by atoms with Gasteiger partial charge in [-0.05, 0) is 28.3 Å². The third-order valence-corrected chi connectivity index (χ3v) is 10.8. The summed E-state index contributed by atoms with van der Waals surface area (Å²) in [7, 11) is -2.77. The van der Waals surface area contributed by atoms with Crippen molar-refractivity contribution in [2.24, 2.45) is 11.1 Å². The number of amides is 1. The summed E-state index contributed by atoms with van der Waals surface area (Å²) in [5.41, 5.74) is 4.61. The summed E-state index contributed by atoms with van der Waals surface area (Å²) in [6.45, 7) is 6.69. The molecular formula is C23H28N2O3Si. The third kappa shape index (κ3) is 4.07. The van der Waals surface area contributed by atoms with Crippen LogP contribution in [0.2, 0.25) is 5.04 Å². The lowest BCUT2D eigenvalue weighted by molar-refractivity contribution is 0.0385. The van der Waals surface area contributed by atoms with E-state index in [1.807, 2.05) is 36.4 Å². The van der Waals surface area contributed by atoms with Crippen LogP contribution in [0.3, 0.4) is 0 Å². The SMILES string of the molecule is CC(C)(C)[Si](OC[C@H](OC(N)=O)C1(C#N)CC1)(c1ccccc1)c1ccccc1. The number of hydrogen-bond acceptors (Lipinski definition) is 4. The van der Waals surface area contributed by atoms with Gasteiger partial charge < -0.3 is 14.9 Å². The second-order valence-electron chi connectivity index (χ2n) is 8.67. The van der Waals surface area contributed by atoms with Gasteiger partial charge in [-0.15, -0.1) is 0 Å². The van der Waals surface area contributed by atoms with Crippen molar-refractivity contribution in [1.82, 2.24) is 0 Å². The second-order valence-corrected chi connectivity index (χ2v) is 13.0. The highest BCUT2D eigenvalue weighted by molar-refractivity contribution is 6.99. The van der Waals surface area contributed by atoms with Crippen molar-refractivity contribution < 1.29 is 14.0 Å². The number of carbonyl (C=O) groups is 1. The van der Waals surface area contributed by atoms with E-state index in [2.05, 4.69) is 51.1 Å². The molecule has 1 aliphatic carbocycles. The molecule has 1 atom stereocenters. The van der Waals surface area contributed by atoms with Gasteiger partial charge >= 0.3 is 6.09 Å². The van der Waals surface area contributed by atoms with Crippen molar-refractivity contribution in [3.8, 4) is 6.07 Å². The molecule has 3 rings (SSSR count). The van der Waals surface area contributed by atoms with Crippen LogP contribution in [-0.4, -0.2) is 27.1 Å². The average molecular weight is 409 g/mol. The van der Waals surface area contributed by atoms with Crippen LogP contribution in [0, 0.1) is 16.7 Å². The first-order valence-corrected chi connectivity index (χ1v) is 11.8. The van der Waals surface area contributed by atoms with Crippen LogP contribution >= 0.6 is 0 Å². The van der Waals surface area contributed by atoms with Gasteiger partial charge in [0.25, 0.3) is 8.32 Å². The number of hydrogen-bond donors (Lipinski definition) is 1. The number of nitriles is 1. The van der Waals surface area contributed by atoms with Crippen LogP contribution in [0.25, 0.3) is 0 Å². The number of carbonyl (C=O) groups excluding carboxylic acids is 1. The molecular weight excluding hydrogens is 380 g/mol. The maximum atomic E-state index is 11.5.